The molecule has 134 valence electrons. The van der Waals surface area contributed by atoms with E-state index in [0.29, 0.717) is 0 Å². The number of ether oxygens (including phenoxy) is 2. The van der Waals surface area contributed by atoms with Crippen molar-refractivity contribution in [1.29, 1.82) is 0 Å². The van der Waals surface area contributed by atoms with Crippen LogP contribution in [0.3, 0.4) is 0 Å². The largest absolute Gasteiger partial charge is 0.511 e. The van der Waals surface area contributed by atoms with Crippen LogP contribution in [-0.4, -0.2) is 44.6 Å². The summed E-state index contributed by atoms with van der Waals surface area (Å²) in [6.07, 6.45) is 0.0248. The Labute approximate surface area is 131 Å². The van der Waals surface area contributed by atoms with Gasteiger partial charge in [0.25, 0.3) is 0 Å². The number of hydrogen-bond donors (Lipinski definition) is 1. The first-order chi connectivity index (χ1) is 10.2. The molecule has 1 aliphatic rings. The van der Waals surface area contributed by atoms with E-state index in [1.807, 2.05) is 0 Å². The molecule has 0 aromatic rings. The first-order valence-electron chi connectivity index (χ1n) is 6.59. The molecule has 23 heavy (non-hydrogen) atoms. The Morgan fingerprint density at radius 3 is 2.13 bits per heavy atom. The lowest BCUT2D eigenvalue weighted by Crippen LogP contribution is -2.50. The van der Waals surface area contributed by atoms with Crippen LogP contribution in [0.4, 0.5) is 13.2 Å². The molecule has 0 unspecified atom stereocenters. The average Bonchev–Trinajstić information content (AvgIpc) is 3.11. The fraction of sp³-hybridized carbons (Fsp3) is 0.833. The Bertz CT molecular complexity index is 581. The van der Waals surface area contributed by atoms with Crippen molar-refractivity contribution >= 4 is 22.0 Å². The van der Waals surface area contributed by atoms with Gasteiger partial charge in [0.05, 0.1) is 13.0 Å². The van der Waals surface area contributed by atoms with Gasteiger partial charge in [-0.05, 0) is 27.2 Å². The van der Waals surface area contributed by atoms with E-state index in [9.17, 15) is 31.2 Å². The molecule has 0 heterocycles. The highest BCUT2D eigenvalue weighted by atomic mass is 32.2. The van der Waals surface area contributed by atoms with Gasteiger partial charge in [0.15, 0.2) is 0 Å². The molecule has 3 atom stereocenters. The van der Waals surface area contributed by atoms with Crippen LogP contribution < -0.4 is 4.72 Å². The lowest BCUT2D eigenvalue weighted by atomic mass is 10.1. The Morgan fingerprint density at radius 2 is 1.74 bits per heavy atom. The monoisotopic (exact) mass is 361 g/mol. The van der Waals surface area contributed by atoms with Crippen LogP contribution in [0.25, 0.3) is 0 Å². The zero-order chi connectivity index (χ0) is 18.2. The number of esters is 2. The quantitative estimate of drug-likeness (QED) is 0.732. The zero-order valence-electron chi connectivity index (χ0n) is 12.9. The van der Waals surface area contributed by atoms with Gasteiger partial charge in [0, 0.05) is 5.92 Å². The van der Waals surface area contributed by atoms with Crippen molar-refractivity contribution in [3.63, 3.8) is 0 Å². The lowest BCUT2D eigenvalue weighted by Gasteiger charge is -2.25. The van der Waals surface area contributed by atoms with Gasteiger partial charge in [-0.2, -0.15) is 17.9 Å². The molecular formula is C12H18F3NO6S. The van der Waals surface area contributed by atoms with Crippen molar-refractivity contribution in [2.75, 3.05) is 7.11 Å². The first-order valence-corrected chi connectivity index (χ1v) is 8.07. The second kappa shape index (κ2) is 6.27. The SMILES string of the molecule is COC(=O)[C@@H]1C[C@H]1[C@@H](NS(=O)(=O)C(F)(F)F)C(=O)OC(C)(C)C. The van der Waals surface area contributed by atoms with E-state index in [-0.39, 0.29) is 6.42 Å². The number of carbonyl (C=O) groups is 2. The molecular weight excluding hydrogens is 343 g/mol. The maximum absolute atomic E-state index is 12.5. The van der Waals surface area contributed by atoms with Crippen molar-refractivity contribution in [1.82, 2.24) is 4.72 Å². The lowest BCUT2D eigenvalue weighted by molar-refractivity contribution is -0.157. The smallest absolute Gasteiger partial charge is 0.469 e. The highest BCUT2D eigenvalue weighted by Crippen LogP contribution is 2.43. The standard InChI is InChI=1S/C12H18F3NO6S/c1-11(2,3)22-10(18)8(6-5-7(6)9(17)21-4)16-23(19,20)12(13,14)15/h6-8,16H,5H2,1-4H3/t6-,7-,8-/m1/s1. The van der Waals surface area contributed by atoms with Gasteiger partial charge in [0.2, 0.25) is 0 Å². The molecule has 1 saturated carbocycles. The molecule has 11 heteroatoms. The summed E-state index contributed by atoms with van der Waals surface area (Å²) in [5.74, 6) is -3.71. The van der Waals surface area contributed by atoms with Crippen LogP contribution in [0.5, 0.6) is 0 Å². The third-order valence-corrected chi connectivity index (χ3v) is 4.19. The molecule has 0 bridgehead atoms. The summed E-state index contributed by atoms with van der Waals surface area (Å²) in [6.45, 7) is 4.43. The van der Waals surface area contributed by atoms with E-state index >= 15 is 0 Å². The highest BCUT2D eigenvalue weighted by Gasteiger charge is 2.56. The van der Waals surface area contributed by atoms with Gasteiger partial charge in [0.1, 0.15) is 11.6 Å². The van der Waals surface area contributed by atoms with E-state index in [4.69, 9.17) is 4.74 Å². The second-order valence-electron chi connectivity index (χ2n) is 6.11. The van der Waals surface area contributed by atoms with Gasteiger partial charge in [-0.15, -0.1) is 0 Å². The van der Waals surface area contributed by atoms with Gasteiger partial charge >= 0.3 is 27.5 Å². The molecule has 0 saturated heterocycles. The summed E-state index contributed by atoms with van der Waals surface area (Å²) in [5, 5.41) is 0. The molecule has 0 aromatic carbocycles. The van der Waals surface area contributed by atoms with Crippen molar-refractivity contribution in [2.45, 2.75) is 44.3 Å². The summed E-state index contributed by atoms with van der Waals surface area (Å²) in [6, 6.07) is -1.81. The molecule has 0 aliphatic heterocycles. The molecule has 7 nitrogen and oxygen atoms in total. The molecule has 0 amide bonds. The number of nitrogens with one attached hydrogen (secondary N) is 1. The number of halogens is 3. The van der Waals surface area contributed by atoms with Crippen molar-refractivity contribution < 1.29 is 40.7 Å². The normalized spacial score (nSPS) is 23.1. The maximum atomic E-state index is 12.5. The third-order valence-electron chi connectivity index (χ3n) is 3.02. The average molecular weight is 361 g/mol. The Kier molecular flexibility index (Phi) is 5.36. The molecule has 1 aliphatic carbocycles. The van der Waals surface area contributed by atoms with Crippen LogP contribution >= 0.6 is 0 Å². The van der Waals surface area contributed by atoms with Gasteiger partial charge in [-0.25, -0.2) is 8.42 Å². The summed E-state index contributed by atoms with van der Waals surface area (Å²) >= 11 is 0. The number of hydrogen-bond acceptors (Lipinski definition) is 6. The van der Waals surface area contributed by atoms with E-state index in [1.165, 1.54) is 25.5 Å². The topological polar surface area (TPSA) is 98.8 Å². The van der Waals surface area contributed by atoms with Crippen molar-refractivity contribution in [3.8, 4) is 0 Å². The minimum Gasteiger partial charge on any atom is -0.469 e. The fourth-order valence-electron chi connectivity index (χ4n) is 1.91. The molecule has 0 spiro atoms. The Balaban J connectivity index is 3.00. The van der Waals surface area contributed by atoms with Crippen LogP contribution in [0.15, 0.2) is 0 Å². The number of alkyl halides is 3. The van der Waals surface area contributed by atoms with Gasteiger partial charge in [-0.1, -0.05) is 0 Å². The van der Waals surface area contributed by atoms with Gasteiger partial charge < -0.3 is 9.47 Å². The predicted octanol–water partition coefficient (Wildman–Crippen LogP) is 0.945. The minimum atomic E-state index is -5.76. The van der Waals surface area contributed by atoms with Crippen molar-refractivity contribution in [3.05, 3.63) is 0 Å². The van der Waals surface area contributed by atoms with Crippen LogP contribution in [0.2, 0.25) is 0 Å². The summed E-state index contributed by atoms with van der Waals surface area (Å²) in [5.41, 5.74) is -6.61. The van der Waals surface area contributed by atoms with Crippen LogP contribution in [-0.2, 0) is 29.1 Å². The summed E-state index contributed by atoms with van der Waals surface area (Å²) < 4.78 is 70.7. The highest BCUT2D eigenvalue weighted by molar-refractivity contribution is 7.90. The minimum absolute atomic E-state index is 0.0248. The summed E-state index contributed by atoms with van der Waals surface area (Å²) in [4.78, 5) is 23.4. The summed E-state index contributed by atoms with van der Waals surface area (Å²) in [7, 11) is -4.68. The van der Waals surface area contributed by atoms with Gasteiger partial charge in [-0.3, -0.25) is 9.59 Å². The third kappa shape index (κ3) is 5.06. The molecule has 1 N–H and O–H groups in total. The van der Waals surface area contributed by atoms with E-state index in [1.54, 1.807) is 0 Å². The number of rotatable bonds is 5. The number of carbonyl (C=O) groups excluding carboxylic acids is 2. The second-order valence-corrected chi connectivity index (χ2v) is 7.81. The first kappa shape index (κ1) is 19.7. The molecule has 1 rings (SSSR count). The van der Waals surface area contributed by atoms with E-state index in [0.717, 1.165) is 7.11 Å². The van der Waals surface area contributed by atoms with Crippen LogP contribution in [0, 0.1) is 11.8 Å². The number of methoxy groups -OCH3 is 1. The fourth-order valence-corrected chi connectivity index (χ4v) is 2.65. The van der Waals surface area contributed by atoms with E-state index in [2.05, 4.69) is 4.74 Å². The predicted molar refractivity (Wildman–Crippen MR) is 71.4 cm³/mol. The maximum Gasteiger partial charge on any atom is 0.511 e. The molecule has 0 radical (unpaired) electrons. The number of sulfonamides is 1. The molecule has 0 aromatic heterocycles. The molecule has 1 fully saturated rings. The Hall–Kier alpha value is -1.36. The van der Waals surface area contributed by atoms with E-state index < -0.39 is 50.9 Å². The zero-order valence-corrected chi connectivity index (χ0v) is 13.7. The van der Waals surface area contributed by atoms with Crippen molar-refractivity contribution in [2.24, 2.45) is 11.8 Å². The van der Waals surface area contributed by atoms with Crippen LogP contribution in [0.1, 0.15) is 27.2 Å². The Morgan fingerprint density at radius 1 is 1.22 bits per heavy atom.